The van der Waals surface area contributed by atoms with Crippen LogP contribution in [0.5, 0.6) is 0 Å². The molecule has 0 spiro atoms. The summed E-state index contributed by atoms with van der Waals surface area (Å²) in [5.74, 6) is 0.581. The van der Waals surface area contributed by atoms with E-state index < -0.39 is 17.6 Å². The van der Waals surface area contributed by atoms with E-state index >= 15 is 0 Å². The molecule has 0 aromatic carbocycles. The molecule has 0 aliphatic heterocycles. The molecule has 132 valence electrons. The van der Waals surface area contributed by atoms with E-state index in [0.717, 1.165) is 11.8 Å². The summed E-state index contributed by atoms with van der Waals surface area (Å²) >= 11 is 1.12. The van der Waals surface area contributed by atoms with Crippen LogP contribution >= 0.6 is 11.8 Å². The van der Waals surface area contributed by atoms with Gasteiger partial charge in [0.2, 0.25) is 0 Å². The van der Waals surface area contributed by atoms with E-state index in [1.165, 1.54) is 0 Å². The maximum Gasteiger partial charge on any atom is 0.500 e. The molecule has 3 N–H and O–H groups in total. The largest absolute Gasteiger partial charge is 0.500 e. The van der Waals surface area contributed by atoms with Gasteiger partial charge in [0.15, 0.2) is 5.12 Å². The number of carbonyl (C=O) groups is 1. The second kappa shape index (κ2) is 11.7. The molecule has 0 aromatic rings. The maximum atomic E-state index is 11.6. The molecule has 0 saturated carbocycles. The molecule has 0 amide bonds. The summed E-state index contributed by atoms with van der Waals surface area (Å²) < 4.78 is 17.1. The van der Waals surface area contributed by atoms with Crippen molar-refractivity contribution < 1.29 is 32.5 Å². The Hall–Kier alpha value is 0.214. The van der Waals surface area contributed by atoms with Gasteiger partial charge in [-0.05, 0) is 27.2 Å². The van der Waals surface area contributed by atoms with Gasteiger partial charge in [-0.3, -0.25) is 4.79 Å². The van der Waals surface area contributed by atoms with Gasteiger partial charge in [-0.2, -0.15) is 0 Å². The van der Waals surface area contributed by atoms with Crippen LogP contribution in [0.2, 0.25) is 12.1 Å². The minimum Gasteiger partial charge on any atom is -0.390 e. The van der Waals surface area contributed by atoms with Crippen molar-refractivity contribution in [3.05, 3.63) is 0 Å². The van der Waals surface area contributed by atoms with Crippen LogP contribution < -0.4 is 0 Å². The second-order valence-corrected chi connectivity index (χ2v) is 10.5. The number of rotatable bonds is 13. The first-order chi connectivity index (χ1) is 10.3. The van der Waals surface area contributed by atoms with Gasteiger partial charge in [0.1, 0.15) is 0 Å². The molecular weight excluding hydrogens is 344 g/mol. The molecule has 10 heteroatoms. The first-order valence-electron chi connectivity index (χ1n) is 7.53. The van der Waals surface area contributed by atoms with Crippen LogP contribution in [0.1, 0.15) is 33.6 Å². The highest BCUT2D eigenvalue weighted by Gasteiger charge is 2.39. The third kappa shape index (κ3) is 10.9. The summed E-state index contributed by atoms with van der Waals surface area (Å²) in [6.45, 7) is 7.25. The Bertz CT molecular complexity index is 295. The smallest absolute Gasteiger partial charge is 0.390 e. The zero-order chi connectivity index (χ0) is 17.1. The summed E-state index contributed by atoms with van der Waals surface area (Å²) in [4.78, 5) is 38.2. The Morgan fingerprint density at radius 1 is 0.955 bits per heavy atom. The quantitative estimate of drug-likeness (QED) is 0.325. The van der Waals surface area contributed by atoms with E-state index in [4.69, 9.17) is 27.7 Å². The first-order valence-corrected chi connectivity index (χ1v) is 12.5. The molecule has 0 aromatic heterocycles. The van der Waals surface area contributed by atoms with E-state index in [-0.39, 0.29) is 17.6 Å². The van der Waals surface area contributed by atoms with Crippen molar-refractivity contribution in [1.29, 1.82) is 0 Å². The molecule has 0 unspecified atom stereocenters. The van der Waals surface area contributed by atoms with E-state index in [1.807, 2.05) is 20.8 Å². The van der Waals surface area contributed by atoms with E-state index in [9.17, 15) is 4.79 Å². The minimum atomic E-state index is -4.12. The third-order valence-electron chi connectivity index (χ3n) is 2.65. The predicted octanol–water partition coefficient (Wildman–Crippen LogP) is 0.991. The molecule has 0 radical (unpaired) electrons. The summed E-state index contributed by atoms with van der Waals surface area (Å²) in [5.41, 5.74) is 0. The van der Waals surface area contributed by atoms with Gasteiger partial charge in [0.25, 0.3) is 0 Å². The molecular formula is C12H28O7SSi2. The van der Waals surface area contributed by atoms with Gasteiger partial charge in [-0.1, -0.05) is 11.8 Å². The van der Waals surface area contributed by atoms with Crippen LogP contribution in [0.25, 0.3) is 0 Å². The first kappa shape index (κ1) is 22.2. The molecule has 7 nitrogen and oxygen atoms in total. The molecule has 0 atom stereocenters. The monoisotopic (exact) mass is 372 g/mol. The molecule has 0 aliphatic rings. The Labute approximate surface area is 138 Å². The summed E-state index contributed by atoms with van der Waals surface area (Å²) in [6.07, 6.45) is 0.675. The normalized spacial score (nSPS) is 12.6. The van der Waals surface area contributed by atoms with Crippen molar-refractivity contribution in [2.24, 2.45) is 0 Å². The van der Waals surface area contributed by atoms with Crippen molar-refractivity contribution in [2.75, 3.05) is 25.6 Å². The Balaban J connectivity index is 4.13. The maximum absolute atomic E-state index is 11.6. The lowest BCUT2D eigenvalue weighted by atomic mass is 10.5. The summed E-state index contributed by atoms with van der Waals surface area (Å²) in [5, 5.41) is -0.162. The molecule has 0 rings (SSSR count). The highest BCUT2D eigenvalue weighted by Crippen LogP contribution is 2.21. The van der Waals surface area contributed by atoms with Crippen LogP contribution in [-0.2, 0) is 18.1 Å². The van der Waals surface area contributed by atoms with Crippen molar-refractivity contribution in [2.45, 2.75) is 45.7 Å². The van der Waals surface area contributed by atoms with E-state index in [1.54, 1.807) is 0 Å². The van der Waals surface area contributed by atoms with Crippen LogP contribution in [0.3, 0.4) is 0 Å². The minimum absolute atomic E-state index is 0.0364. The van der Waals surface area contributed by atoms with Crippen molar-refractivity contribution in [3.63, 3.8) is 0 Å². The van der Waals surface area contributed by atoms with Gasteiger partial charge < -0.3 is 27.7 Å². The SMILES string of the molecule is CCO[Si](CCCSC(=O)CC[Si](O)(O)O)(OCC)OCC. The zero-order valence-electron chi connectivity index (χ0n) is 13.5. The highest BCUT2D eigenvalue weighted by molar-refractivity contribution is 8.13. The van der Waals surface area contributed by atoms with Gasteiger partial charge in [0, 0.05) is 44.1 Å². The lowest BCUT2D eigenvalue weighted by molar-refractivity contribution is -0.110. The van der Waals surface area contributed by atoms with Crippen molar-refractivity contribution >= 4 is 34.5 Å². The standard InChI is InChI=1S/C12H28O7SSi2/c1-4-17-22(18-5-2,19-6-3)10-7-9-20-12(13)8-11-21(14,15)16/h14-16H,4-11H2,1-3H3. The van der Waals surface area contributed by atoms with Gasteiger partial charge >= 0.3 is 17.6 Å². The zero-order valence-corrected chi connectivity index (χ0v) is 16.4. The fourth-order valence-corrected chi connectivity index (χ4v) is 6.19. The van der Waals surface area contributed by atoms with Crippen LogP contribution in [0.4, 0.5) is 0 Å². The lowest BCUT2D eigenvalue weighted by Gasteiger charge is -2.28. The summed E-state index contributed by atoms with van der Waals surface area (Å²) in [6, 6.07) is 0.385. The number of hydrogen-bond donors (Lipinski definition) is 3. The second-order valence-electron chi connectivity index (χ2n) is 4.58. The molecule has 0 aliphatic carbocycles. The average Bonchev–Trinajstić information content (AvgIpc) is 2.41. The Morgan fingerprint density at radius 3 is 1.86 bits per heavy atom. The lowest BCUT2D eigenvalue weighted by Crippen LogP contribution is -2.46. The highest BCUT2D eigenvalue weighted by atomic mass is 32.2. The number of thioether (sulfide) groups is 1. The summed E-state index contributed by atoms with van der Waals surface area (Å²) in [7, 11) is -6.77. The molecule has 0 fully saturated rings. The third-order valence-corrected chi connectivity index (χ3v) is 7.74. The van der Waals surface area contributed by atoms with E-state index in [0.29, 0.717) is 38.0 Å². The van der Waals surface area contributed by atoms with Crippen LogP contribution in [0, 0.1) is 0 Å². The predicted molar refractivity (Wildman–Crippen MR) is 89.4 cm³/mol. The van der Waals surface area contributed by atoms with Gasteiger partial charge in [-0.25, -0.2) is 0 Å². The van der Waals surface area contributed by atoms with Crippen LogP contribution in [0.15, 0.2) is 0 Å². The topological polar surface area (TPSA) is 105 Å². The Morgan fingerprint density at radius 2 is 1.45 bits per heavy atom. The average molecular weight is 373 g/mol. The fourth-order valence-electron chi connectivity index (χ4n) is 1.82. The molecule has 0 saturated heterocycles. The van der Waals surface area contributed by atoms with Crippen molar-refractivity contribution in [3.8, 4) is 0 Å². The Kier molecular flexibility index (Phi) is 11.8. The van der Waals surface area contributed by atoms with Gasteiger partial charge in [-0.15, -0.1) is 0 Å². The molecule has 22 heavy (non-hydrogen) atoms. The molecule has 0 bridgehead atoms. The van der Waals surface area contributed by atoms with Gasteiger partial charge in [0.05, 0.1) is 0 Å². The number of hydrogen-bond acceptors (Lipinski definition) is 8. The van der Waals surface area contributed by atoms with Crippen LogP contribution in [-0.4, -0.2) is 62.7 Å². The van der Waals surface area contributed by atoms with E-state index in [2.05, 4.69) is 0 Å². The molecule has 0 heterocycles. The number of carbonyl (C=O) groups excluding carboxylic acids is 1. The van der Waals surface area contributed by atoms with Crippen molar-refractivity contribution in [1.82, 2.24) is 0 Å². The fraction of sp³-hybridized carbons (Fsp3) is 0.917.